The molecule has 1 atom stereocenters. The van der Waals surface area contributed by atoms with Gasteiger partial charge in [0.25, 0.3) is 0 Å². The molecule has 2 aromatic rings. The lowest BCUT2D eigenvalue weighted by Crippen LogP contribution is -2.02. The number of aromatic hydroxyl groups is 1. The van der Waals surface area contributed by atoms with Crippen LogP contribution in [-0.2, 0) is 0 Å². The molecule has 1 N–H and O–H groups in total. The molecule has 0 amide bonds. The van der Waals surface area contributed by atoms with Crippen molar-refractivity contribution >= 4 is 0 Å². The SMILES string of the molecule is CCC(c1ccccc1)c1c(O)cccc1OC. The van der Waals surface area contributed by atoms with Crippen LogP contribution in [0.4, 0.5) is 0 Å². The van der Waals surface area contributed by atoms with Gasteiger partial charge in [-0.05, 0) is 24.1 Å². The number of hydrogen-bond acceptors (Lipinski definition) is 2. The molecule has 2 aromatic carbocycles. The van der Waals surface area contributed by atoms with Crippen molar-refractivity contribution in [1.29, 1.82) is 0 Å². The summed E-state index contributed by atoms with van der Waals surface area (Å²) in [6.07, 6.45) is 0.915. The number of methoxy groups -OCH3 is 1. The van der Waals surface area contributed by atoms with Crippen molar-refractivity contribution in [2.45, 2.75) is 19.3 Å². The second kappa shape index (κ2) is 5.58. The normalized spacial score (nSPS) is 12.1. The zero-order chi connectivity index (χ0) is 13.0. The van der Waals surface area contributed by atoms with Gasteiger partial charge in [-0.2, -0.15) is 0 Å². The molecule has 0 radical (unpaired) electrons. The smallest absolute Gasteiger partial charge is 0.126 e. The molecular formula is C16H18O2. The van der Waals surface area contributed by atoms with Crippen molar-refractivity contribution < 1.29 is 9.84 Å². The molecule has 2 heteroatoms. The van der Waals surface area contributed by atoms with E-state index in [1.54, 1.807) is 19.2 Å². The van der Waals surface area contributed by atoms with Crippen LogP contribution in [0.25, 0.3) is 0 Å². The topological polar surface area (TPSA) is 29.5 Å². The van der Waals surface area contributed by atoms with Gasteiger partial charge in [-0.15, -0.1) is 0 Å². The van der Waals surface area contributed by atoms with Crippen LogP contribution in [0.15, 0.2) is 48.5 Å². The lowest BCUT2D eigenvalue weighted by atomic mass is 9.88. The Kier molecular flexibility index (Phi) is 3.88. The highest BCUT2D eigenvalue weighted by atomic mass is 16.5. The summed E-state index contributed by atoms with van der Waals surface area (Å²) in [5.74, 6) is 1.19. The van der Waals surface area contributed by atoms with Gasteiger partial charge >= 0.3 is 0 Å². The number of benzene rings is 2. The van der Waals surface area contributed by atoms with Gasteiger partial charge in [-0.25, -0.2) is 0 Å². The third-order valence-corrected chi connectivity index (χ3v) is 3.22. The first-order chi connectivity index (χ1) is 8.77. The van der Waals surface area contributed by atoms with E-state index in [2.05, 4.69) is 19.1 Å². The zero-order valence-corrected chi connectivity index (χ0v) is 10.8. The van der Waals surface area contributed by atoms with Crippen LogP contribution >= 0.6 is 0 Å². The highest BCUT2D eigenvalue weighted by molar-refractivity contribution is 5.50. The standard InChI is InChI=1S/C16H18O2/c1-3-13(12-8-5-4-6-9-12)16-14(17)10-7-11-15(16)18-2/h4-11,13,17H,3H2,1-2H3. The van der Waals surface area contributed by atoms with E-state index >= 15 is 0 Å². The lowest BCUT2D eigenvalue weighted by Gasteiger charge is -2.20. The van der Waals surface area contributed by atoms with Crippen molar-refractivity contribution in [3.05, 3.63) is 59.7 Å². The summed E-state index contributed by atoms with van der Waals surface area (Å²) >= 11 is 0. The molecule has 0 saturated heterocycles. The quantitative estimate of drug-likeness (QED) is 0.879. The summed E-state index contributed by atoms with van der Waals surface area (Å²) < 4.78 is 5.37. The molecule has 0 saturated carbocycles. The molecule has 0 fully saturated rings. The number of ether oxygens (including phenoxy) is 1. The Balaban J connectivity index is 2.52. The van der Waals surface area contributed by atoms with Gasteiger partial charge in [0, 0.05) is 11.5 Å². The average molecular weight is 242 g/mol. The Bertz CT molecular complexity index is 506. The molecule has 2 nitrogen and oxygen atoms in total. The summed E-state index contributed by atoms with van der Waals surface area (Å²) in [6, 6.07) is 15.6. The Hall–Kier alpha value is -1.96. The summed E-state index contributed by atoms with van der Waals surface area (Å²) in [4.78, 5) is 0. The van der Waals surface area contributed by atoms with E-state index in [9.17, 15) is 5.11 Å². The van der Waals surface area contributed by atoms with E-state index in [0.717, 1.165) is 17.7 Å². The minimum absolute atomic E-state index is 0.155. The Labute approximate surface area is 108 Å². The molecule has 18 heavy (non-hydrogen) atoms. The third-order valence-electron chi connectivity index (χ3n) is 3.22. The Morgan fingerprint density at radius 1 is 1.06 bits per heavy atom. The van der Waals surface area contributed by atoms with Gasteiger partial charge in [0.05, 0.1) is 7.11 Å². The molecular weight excluding hydrogens is 224 g/mol. The highest BCUT2D eigenvalue weighted by Gasteiger charge is 2.19. The van der Waals surface area contributed by atoms with Crippen molar-refractivity contribution in [3.8, 4) is 11.5 Å². The summed E-state index contributed by atoms with van der Waals surface area (Å²) in [5, 5.41) is 10.1. The van der Waals surface area contributed by atoms with Crippen LogP contribution in [0.5, 0.6) is 11.5 Å². The fraction of sp³-hybridized carbons (Fsp3) is 0.250. The number of phenolic OH excluding ortho intramolecular Hbond substituents is 1. The highest BCUT2D eigenvalue weighted by Crippen LogP contribution is 2.39. The largest absolute Gasteiger partial charge is 0.508 e. The van der Waals surface area contributed by atoms with Gasteiger partial charge in [-0.1, -0.05) is 43.3 Å². The van der Waals surface area contributed by atoms with E-state index in [-0.39, 0.29) is 5.92 Å². The lowest BCUT2D eigenvalue weighted by molar-refractivity contribution is 0.395. The monoisotopic (exact) mass is 242 g/mol. The summed E-state index contributed by atoms with van der Waals surface area (Å²) in [5.41, 5.74) is 2.06. The predicted octanol–water partition coefficient (Wildman–Crippen LogP) is 3.94. The average Bonchev–Trinajstić information content (AvgIpc) is 2.42. The van der Waals surface area contributed by atoms with E-state index in [1.807, 2.05) is 24.3 Å². The number of phenols is 1. The molecule has 2 rings (SSSR count). The first-order valence-electron chi connectivity index (χ1n) is 6.18. The van der Waals surface area contributed by atoms with Gasteiger partial charge in [-0.3, -0.25) is 0 Å². The molecule has 0 bridgehead atoms. The van der Waals surface area contributed by atoms with Crippen LogP contribution in [-0.4, -0.2) is 12.2 Å². The molecule has 94 valence electrons. The molecule has 1 unspecified atom stereocenters. The van der Waals surface area contributed by atoms with Crippen molar-refractivity contribution in [2.75, 3.05) is 7.11 Å². The minimum atomic E-state index is 0.155. The van der Waals surface area contributed by atoms with E-state index in [1.165, 1.54) is 5.56 Å². The van der Waals surface area contributed by atoms with E-state index in [4.69, 9.17) is 4.74 Å². The van der Waals surface area contributed by atoms with E-state index < -0.39 is 0 Å². The van der Waals surface area contributed by atoms with Gasteiger partial charge in [0.15, 0.2) is 0 Å². The second-order valence-corrected chi connectivity index (χ2v) is 4.26. The molecule has 0 aliphatic rings. The van der Waals surface area contributed by atoms with Crippen molar-refractivity contribution in [1.82, 2.24) is 0 Å². The second-order valence-electron chi connectivity index (χ2n) is 4.26. The first kappa shape index (κ1) is 12.5. The third kappa shape index (κ3) is 2.33. The van der Waals surface area contributed by atoms with Crippen LogP contribution in [0.1, 0.15) is 30.4 Å². The van der Waals surface area contributed by atoms with Crippen LogP contribution in [0, 0.1) is 0 Å². The van der Waals surface area contributed by atoms with Crippen molar-refractivity contribution in [2.24, 2.45) is 0 Å². The molecule has 0 heterocycles. The Morgan fingerprint density at radius 3 is 2.39 bits per heavy atom. The zero-order valence-electron chi connectivity index (χ0n) is 10.8. The number of hydrogen-bond donors (Lipinski definition) is 1. The fourth-order valence-electron chi connectivity index (χ4n) is 2.35. The molecule has 0 aromatic heterocycles. The molecule has 0 aliphatic heterocycles. The van der Waals surface area contributed by atoms with E-state index in [0.29, 0.717) is 5.75 Å². The van der Waals surface area contributed by atoms with Gasteiger partial charge in [0.1, 0.15) is 11.5 Å². The number of rotatable bonds is 4. The maximum absolute atomic E-state index is 10.1. The fourth-order valence-corrected chi connectivity index (χ4v) is 2.35. The Morgan fingerprint density at radius 2 is 1.78 bits per heavy atom. The predicted molar refractivity (Wildman–Crippen MR) is 73.2 cm³/mol. The minimum Gasteiger partial charge on any atom is -0.508 e. The molecule has 0 aliphatic carbocycles. The van der Waals surface area contributed by atoms with Crippen LogP contribution < -0.4 is 4.74 Å². The maximum atomic E-state index is 10.1. The maximum Gasteiger partial charge on any atom is 0.126 e. The van der Waals surface area contributed by atoms with Crippen LogP contribution in [0.2, 0.25) is 0 Å². The summed E-state index contributed by atoms with van der Waals surface area (Å²) in [6.45, 7) is 2.11. The van der Waals surface area contributed by atoms with Crippen molar-refractivity contribution in [3.63, 3.8) is 0 Å². The van der Waals surface area contributed by atoms with Gasteiger partial charge < -0.3 is 9.84 Å². The summed E-state index contributed by atoms with van der Waals surface area (Å²) in [7, 11) is 1.63. The van der Waals surface area contributed by atoms with Crippen LogP contribution in [0.3, 0.4) is 0 Å². The molecule has 0 spiro atoms. The van der Waals surface area contributed by atoms with Gasteiger partial charge in [0.2, 0.25) is 0 Å². The first-order valence-corrected chi connectivity index (χ1v) is 6.18.